The molecule has 0 aromatic heterocycles. The monoisotopic (exact) mass is 286 g/mol. The smallest absolute Gasteiger partial charge is 0.0590 e. The molecular weight excluding hydrogens is 248 g/mol. The fourth-order valence-electron chi connectivity index (χ4n) is 2.34. The maximum absolute atomic E-state index is 5.56. The summed E-state index contributed by atoms with van der Waals surface area (Å²) in [6, 6.07) is 0. The minimum absolute atomic E-state index is 0.707. The first kappa shape index (κ1) is 19.9. The van der Waals surface area contributed by atoms with Gasteiger partial charge in [0.1, 0.15) is 0 Å². The first-order valence-corrected chi connectivity index (χ1v) is 8.90. The molecule has 0 amide bonds. The molecule has 0 aromatic rings. The number of ether oxygens (including phenoxy) is 1. The van der Waals surface area contributed by atoms with Crippen molar-refractivity contribution in [2.24, 2.45) is 5.73 Å². The maximum Gasteiger partial charge on any atom is 0.0590 e. The Hall–Kier alpha value is -0.120. The number of hydrogen-bond donors (Lipinski definition) is 2. The summed E-state index contributed by atoms with van der Waals surface area (Å²) in [6.07, 6.45) is 15.3. The lowest BCUT2D eigenvalue weighted by atomic mass is 10.1. The second-order valence-corrected chi connectivity index (χ2v) is 5.69. The zero-order chi connectivity index (χ0) is 14.7. The molecule has 0 fully saturated rings. The van der Waals surface area contributed by atoms with E-state index in [-0.39, 0.29) is 0 Å². The predicted molar refractivity (Wildman–Crippen MR) is 89.2 cm³/mol. The zero-order valence-corrected chi connectivity index (χ0v) is 13.8. The lowest BCUT2D eigenvalue weighted by Gasteiger charge is -2.05. The van der Waals surface area contributed by atoms with E-state index in [0.717, 1.165) is 26.3 Å². The van der Waals surface area contributed by atoms with Crippen LogP contribution >= 0.6 is 0 Å². The van der Waals surface area contributed by atoms with Gasteiger partial charge >= 0.3 is 0 Å². The van der Waals surface area contributed by atoms with E-state index in [9.17, 15) is 0 Å². The third kappa shape index (κ3) is 17.9. The van der Waals surface area contributed by atoms with Crippen molar-refractivity contribution in [3.63, 3.8) is 0 Å². The van der Waals surface area contributed by atoms with Gasteiger partial charge in [0, 0.05) is 26.2 Å². The van der Waals surface area contributed by atoms with Crippen LogP contribution in [0.5, 0.6) is 0 Å². The van der Waals surface area contributed by atoms with E-state index < -0.39 is 0 Å². The van der Waals surface area contributed by atoms with Crippen molar-refractivity contribution in [3.05, 3.63) is 0 Å². The van der Waals surface area contributed by atoms with Crippen molar-refractivity contribution in [2.75, 3.05) is 32.8 Å². The van der Waals surface area contributed by atoms with Crippen LogP contribution in [-0.4, -0.2) is 32.8 Å². The summed E-state index contributed by atoms with van der Waals surface area (Å²) in [5, 5.41) is 3.23. The summed E-state index contributed by atoms with van der Waals surface area (Å²) >= 11 is 0. The number of unbranched alkanes of at least 4 members (excludes halogenated alkanes) is 10. The minimum Gasteiger partial charge on any atom is -0.380 e. The van der Waals surface area contributed by atoms with Crippen LogP contribution in [-0.2, 0) is 4.74 Å². The standard InChI is InChI=1S/C17H38N2O/c1-2-3-4-5-6-7-8-9-10-11-12-16-20-17-15-19-14-13-18/h19H,2-18H2,1H3. The predicted octanol–water partition coefficient (Wildman–Crippen LogP) is 3.86. The van der Waals surface area contributed by atoms with E-state index in [2.05, 4.69) is 12.2 Å². The molecule has 3 nitrogen and oxygen atoms in total. The van der Waals surface area contributed by atoms with Gasteiger partial charge in [-0.15, -0.1) is 0 Å². The van der Waals surface area contributed by atoms with E-state index in [0.29, 0.717) is 6.54 Å². The van der Waals surface area contributed by atoms with Crippen molar-refractivity contribution < 1.29 is 4.74 Å². The maximum atomic E-state index is 5.56. The highest BCUT2D eigenvalue weighted by atomic mass is 16.5. The molecule has 0 saturated carbocycles. The van der Waals surface area contributed by atoms with Crippen molar-refractivity contribution >= 4 is 0 Å². The molecule has 122 valence electrons. The van der Waals surface area contributed by atoms with Crippen LogP contribution in [0.3, 0.4) is 0 Å². The number of hydrogen-bond acceptors (Lipinski definition) is 3. The van der Waals surface area contributed by atoms with Gasteiger partial charge in [-0.25, -0.2) is 0 Å². The highest BCUT2D eigenvalue weighted by Crippen LogP contribution is 2.11. The molecule has 0 rings (SSSR count). The van der Waals surface area contributed by atoms with Gasteiger partial charge in [-0.3, -0.25) is 0 Å². The van der Waals surface area contributed by atoms with E-state index in [4.69, 9.17) is 10.5 Å². The quantitative estimate of drug-likeness (QED) is 0.399. The molecule has 0 heterocycles. The summed E-state index contributed by atoms with van der Waals surface area (Å²) in [4.78, 5) is 0. The lowest BCUT2D eigenvalue weighted by Crippen LogP contribution is -2.26. The van der Waals surface area contributed by atoms with Crippen LogP contribution < -0.4 is 11.1 Å². The van der Waals surface area contributed by atoms with Crippen LogP contribution in [0.4, 0.5) is 0 Å². The van der Waals surface area contributed by atoms with Gasteiger partial charge in [0.15, 0.2) is 0 Å². The summed E-state index contributed by atoms with van der Waals surface area (Å²) < 4.78 is 5.56. The van der Waals surface area contributed by atoms with Gasteiger partial charge in [-0.1, -0.05) is 71.1 Å². The fourth-order valence-corrected chi connectivity index (χ4v) is 2.34. The molecule has 0 aromatic carbocycles. The Morgan fingerprint density at radius 2 is 1.25 bits per heavy atom. The Labute approximate surface area is 127 Å². The number of nitrogens with one attached hydrogen (secondary N) is 1. The molecule has 0 unspecified atom stereocenters. The van der Waals surface area contributed by atoms with Crippen molar-refractivity contribution in [1.29, 1.82) is 0 Å². The van der Waals surface area contributed by atoms with E-state index in [1.54, 1.807) is 0 Å². The van der Waals surface area contributed by atoms with Crippen molar-refractivity contribution in [3.8, 4) is 0 Å². The van der Waals surface area contributed by atoms with Crippen LogP contribution in [0.15, 0.2) is 0 Å². The third-order valence-electron chi connectivity index (χ3n) is 3.64. The highest BCUT2D eigenvalue weighted by molar-refractivity contribution is 4.49. The van der Waals surface area contributed by atoms with Gasteiger partial charge in [-0.2, -0.15) is 0 Å². The molecule has 0 bridgehead atoms. The normalized spacial score (nSPS) is 11.1. The van der Waals surface area contributed by atoms with E-state index in [1.807, 2.05) is 0 Å². The molecule has 0 aliphatic carbocycles. The highest BCUT2D eigenvalue weighted by Gasteiger charge is 1.93. The summed E-state index contributed by atoms with van der Waals surface area (Å²) in [6.45, 7) is 6.54. The first-order chi connectivity index (χ1) is 9.91. The molecule has 3 N–H and O–H groups in total. The molecule has 0 atom stereocenters. The van der Waals surface area contributed by atoms with Gasteiger partial charge in [0.05, 0.1) is 6.61 Å². The number of nitrogens with two attached hydrogens (primary N) is 1. The molecule has 20 heavy (non-hydrogen) atoms. The van der Waals surface area contributed by atoms with E-state index >= 15 is 0 Å². The van der Waals surface area contributed by atoms with Crippen LogP contribution in [0.25, 0.3) is 0 Å². The third-order valence-corrected chi connectivity index (χ3v) is 3.64. The lowest BCUT2D eigenvalue weighted by molar-refractivity contribution is 0.132. The Balaban J connectivity index is 2.89. The summed E-state index contributed by atoms with van der Waals surface area (Å²) in [5.41, 5.74) is 5.39. The Bertz CT molecular complexity index is 147. The molecule has 0 aliphatic heterocycles. The first-order valence-electron chi connectivity index (χ1n) is 8.90. The molecule has 3 heteroatoms. The van der Waals surface area contributed by atoms with Crippen molar-refractivity contribution in [2.45, 2.75) is 77.6 Å². The zero-order valence-electron chi connectivity index (χ0n) is 13.8. The minimum atomic E-state index is 0.707. The van der Waals surface area contributed by atoms with Crippen LogP contribution in [0.1, 0.15) is 77.6 Å². The Morgan fingerprint density at radius 3 is 1.80 bits per heavy atom. The van der Waals surface area contributed by atoms with Gasteiger partial charge in [-0.05, 0) is 6.42 Å². The Kier molecular flexibility index (Phi) is 18.8. The second-order valence-electron chi connectivity index (χ2n) is 5.69. The number of rotatable bonds is 17. The molecule has 0 aliphatic rings. The van der Waals surface area contributed by atoms with Gasteiger partial charge in [0.25, 0.3) is 0 Å². The van der Waals surface area contributed by atoms with Gasteiger partial charge in [0.2, 0.25) is 0 Å². The Morgan fingerprint density at radius 1 is 0.700 bits per heavy atom. The average Bonchev–Trinajstić information content (AvgIpc) is 2.47. The van der Waals surface area contributed by atoms with Crippen molar-refractivity contribution in [1.82, 2.24) is 5.32 Å². The molecule has 0 saturated heterocycles. The summed E-state index contributed by atoms with van der Waals surface area (Å²) in [7, 11) is 0. The molecule has 0 radical (unpaired) electrons. The van der Waals surface area contributed by atoms with Crippen LogP contribution in [0, 0.1) is 0 Å². The van der Waals surface area contributed by atoms with Gasteiger partial charge < -0.3 is 15.8 Å². The average molecular weight is 287 g/mol. The van der Waals surface area contributed by atoms with Crippen LogP contribution in [0.2, 0.25) is 0 Å². The SMILES string of the molecule is CCCCCCCCCCCCCOCCNCCN. The molecular formula is C17H38N2O. The topological polar surface area (TPSA) is 47.3 Å². The largest absolute Gasteiger partial charge is 0.380 e. The van der Waals surface area contributed by atoms with E-state index in [1.165, 1.54) is 70.6 Å². The second kappa shape index (κ2) is 18.9. The summed E-state index contributed by atoms with van der Waals surface area (Å²) in [5.74, 6) is 0. The molecule has 0 spiro atoms. The fraction of sp³-hybridized carbons (Fsp3) is 1.00.